The highest BCUT2D eigenvalue weighted by Crippen LogP contribution is 1.99. The molecule has 8 heteroatoms. The van der Waals surface area contributed by atoms with Crippen LogP contribution in [0.3, 0.4) is 0 Å². The number of hydrogen-bond acceptors (Lipinski definition) is 5. The molecule has 8 nitrogen and oxygen atoms in total. The van der Waals surface area contributed by atoms with Gasteiger partial charge >= 0.3 is 6.09 Å². The van der Waals surface area contributed by atoms with E-state index in [4.69, 9.17) is 0 Å². The maximum atomic E-state index is 11.4. The summed E-state index contributed by atoms with van der Waals surface area (Å²) in [5.41, 5.74) is 0. The van der Waals surface area contributed by atoms with E-state index in [0.717, 1.165) is 0 Å². The summed E-state index contributed by atoms with van der Waals surface area (Å²) in [6, 6.07) is 0.0609. The van der Waals surface area contributed by atoms with Crippen LogP contribution < -0.4 is 10.6 Å². The second kappa shape index (κ2) is 5.83. The minimum absolute atomic E-state index is 0.00102. The third-order valence-electron chi connectivity index (χ3n) is 1.69. The fraction of sp³-hybridized carbons (Fsp3) is 0.556. The molecule has 0 saturated carbocycles. The molecule has 0 aliphatic rings. The zero-order chi connectivity index (χ0) is 12.8. The van der Waals surface area contributed by atoms with Crippen LogP contribution in [0.25, 0.3) is 0 Å². The Hall–Kier alpha value is -2.12. The number of carbonyl (C=O) groups is 2. The van der Waals surface area contributed by atoms with E-state index < -0.39 is 6.09 Å². The van der Waals surface area contributed by atoms with Gasteiger partial charge in [0.05, 0.1) is 13.3 Å². The average molecular weight is 241 g/mol. The molecular formula is C9H15N5O3. The van der Waals surface area contributed by atoms with Gasteiger partial charge in [-0.25, -0.2) is 4.79 Å². The van der Waals surface area contributed by atoms with Gasteiger partial charge in [0, 0.05) is 6.04 Å². The third-order valence-corrected chi connectivity index (χ3v) is 1.69. The summed E-state index contributed by atoms with van der Waals surface area (Å²) in [5, 5.41) is 12.7. The predicted molar refractivity (Wildman–Crippen MR) is 59.3 cm³/mol. The second-order valence-corrected chi connectivity index (χ2v) is 3.60. The highest BCUT2D eigenvalue weighted by atomic mass is 16.5. The maximum absolute atomic E-state index is 11.4. The van der Waals surface area contributed by atoms with E-state index in [9.17, 15) is 9.59 Å². The molecule has 1 aromatic rings. The number of methoxy groups -OCH3 is 1. The third kappa shape index (κ3) is 4.49. The highest BCUT2D eigenvalue weighted by Gasteiger charge is 2.08. The lowest BCUT2D eigenvalue weighted by atomic mass is 10.4. The van der Waals surface area contributed by atoms with Gasteiger partial charge in [-0.05, 0) is 13.8 Å². The second-order valence-electron chi connectivity index (χ2n) is 3.60. The number of anilines is 1. The monoisotopic (exact) mass is 241 g/mol. The van der Waals surface area contributed by atoms with Crippen molar-refractivity contribution >= 4 is 17.8 Å². The van der Waals surface area contributed by atoms with Crippen LogP contribution in [0.4, 0.5) is 10.6 Å². The number of ether oxygens (including phenoxy) is 1. The number of aromatic nitrogens is 3. The van der Waals surface area contributed by atoms with Crippen molar-refractivity contribution in [3.8, 4) is 0 Å². The molecule has 0 aliphatic heterocycles. The van der Waals surface area contributed by atoms with Crippen molar-refractivity contribution in [3.05, 3.63) is 6.20 Å². The first-order valence-electron chi connectivity index (χ1n) is 5.05. The molecule has 2 N–H and O–H groups in total. The van der Waals surface area contributed by atoms with Crippen molar-refractivity contribution in [1.82, 2.24) is 20.3 Å². The Morgan fingerprint density at radius 1 is 1.53 bits per heavy atom. The van der Waals surface area contributed by atoms with Crippen LogP contribution in [-0.2, 0) is 16.1 Å². The van der Waals surface area contributed by atoms with Gasteiger partial charge < -0.3 is 10.1 Å². The SMILES string of the molecule is COC(=O)Nc1cnn(CC(=O)NC(C)C)n1. The maximum Gasteiger partial charge on any atom is 0.412 e. The van der Waals surface area contributed by atoms with E-state index in [1.54, 1.807) is 0 Å². The molecule has 0 radical (unpaired) electrons. The summed E-state index contributed by atoms with van der Waals surface area (Å²) in [7, 11) is 1.25. The van der Waals surface area contributed by atoms with E-state index in [0.29, 0.717) is 0 Å². The van der Waals surface area contributed by atoms with E-state index in [2.05, 4.69) is 25.6 Å². The molecule has 1 heterocycles. The molecule has 0 aromatic carbocycles. The summed E-state index contributed by atoms with van der Waals surface area (Å²) in [5.74, 6) is 0.0365. The molecule has 0 aliphatic carbocycles. The summed E-state index contributed by atoms with van der Waals surface area (Å²) >= 11 is 0. The molecule has 0 bridgehead atoms. The van der Waals surface area contributed by atoms with Crippen molar-refractivity contribution < 1.29 is 14.3 Å². The minimum Gasteiger partial charge on any atom is -0.453 e. The lowest BCUT2D eigenvalue weighted by Gasteiger charge is -2.06. The average Bonchev–Trinajstić information content (AvgIpc) is 2.63. The van der Waals surface area contributed by atoms with E-state index in [1.807, 2.05) is 13.8 Å². The molecule has 1 aromatic heterocycles. The summed E-state index contributed by atoms with van der Waals surface area (Å²) < 4.78 is 4.39. The first kappa shape index (κ1) is 12.9. The summed E-state index contributed by atoms with van der Waals surface area (Å²) in [6.07, 6.45) is 0.697. The van der Waals surface area contributed by atoms with Gasteiger partial charge in [0.25, 0.3) is 0 Å². The number of amides is 2. The first-order chi connectivity index (χ1) is 8.01. The Bertz CT molecular complexity index is 401. The van der Waals surface area contributed by atoms with Crippen LogP contribution in [0, 0.1) is 0 Å². The molecule has 0 saturated heterocycles. The zero-order valence-electron chi connectivity index (χ0n) is 9.93. The fourth-order valence-electron chi connectivity index (χ4n) is 1.08. The predicted octanol–water partition coefficient (Wildman–Crippen LogP) is -0.0190. The number of nitrogens with one attached hydrogen (secondary N) is 2. The fourth-order valence-corrected chi connectivity index (χ4v) is 1.08. The van der Waals surface area contributed by atoms with Crippen LogP contribution >= 0.6 is 0 Å². The van der Waals surface area contributed by atoms with Gasteiger partial charge in [-0.1, -0.05) is 0 Å². The minimum atomic E-state index is -0.635. The van der Waals surface area contributed by atoms with Crippen LogP contribution in [0.2, 0.25) is 0 Å². The lowest BCUT2D eigenvalue weighted by molar-refractivity contribution is -0.122. The summed E-state index contributed by atoms with van der Waals surface area (Å²) in [6.45, 7) is 3.72. The quantitative estimate of drug-likeness (QED) is 0.772. The van der Waals surface area contributed by atoms with Gasteiger partial charge in [0.1, 0.15) is 6.54 Å². The van der Waals surface area contributed by atoms with E-state index in [1.165, 1.54) is 18.1 Å². The molecule has 0 spiro atoms. The molecule has 17 heavy (non-hydrogen) atoms. The normalized spacial score (nSPS) is 10.1. The van der Waals surface area contributed by atoms with Crippen molar-refractivity contribution in [3.63, 3.8) is 0 Å². The number of rotatable bonds is 4. The van der Waals surface area contributed by atoms with Crippen LogP contribution in [0.15, 0.2) is 6.20 Å². The summed E-state index contributed by atoms with van der Waals surface area (Å²) in [4.78, 5) is 23.4. The van der Waals surface area contributed by atoms with Gasteiger partial charge in [-0.3, -0.25) is 10.1 Å². The number of hydrogen-bond donors (Lipinski definition) is 2. The molecule has 0 fully saturated rings. The van der Waals surface area contributed by atoms with Gasteiger partial charge in [-0.2, -0.15) is 9.90 Å². The molecule has 2 amide bonds. The van der Waals surface area contributed by atoms with Crippen LogP contribution in [0.5, 0.6) is 0 Å². The molecule has 94 valence electrons. The van der Waals surface area contributed by atoms with Gasteiger partial charge in [-0.15, -0.1) is 5.10 Å². The van der Waals surface area contributed by atoms with Crippen molar-refractivity contribution in [2.24, 2.45) is 0 Å². The van der Waals surface area contributed by atoms with Crippen LogP contribution in [-0.4, -0.2) is 40.1 Å². The van der Waals surface area contributed by atoms with E-state index >= 15 is 0 Å². The van der Waals surface area contributed by atoms with Gasteiger partial charge in [0.15, 0.2) is 5.82 Å². The molecule has 0 unspecified atom stereocenters. The Kier molecular flexibility index (Phi) is 4.44. The van der Waals surface area contributed by atoms with Crippen molar-refractivity contribution in [2.45, 2.75) is 26.4 Å². The number of nitrogens with zero attached hydrogens (tertiary/aromatic N) is 3. The lowest BCUT2D eigenvalue weighted by Crippen LogP contribution is -2.33. The largest absolute Gasteiger partial charge is 0.453 e. The van der Waals surface area contributed by atoms with E-state index in [-0.39, 0.29) is 24.3 Å². The Morgan fingerprint density at radius 2 is 2.24 bits per heavy atom. The van der Waals surface area contributed by atoms with Crippen molar-refractivity contribution in [2.75, 3.05) is 12.4 Å². The van der Waals surface area contributed by atoms with Crippen molar-refractivity contribution in [1.29, 1.82) is 0 Å². The smallest absolute Gasteiger partial charge is 0.412 e. The van der Waals surface area contributed by atoms with Crippen LogP contribution in [0.1, 0.15) is 13.8 Å². The number of carbonyl (C=O) groups excluding carboxylic acids is 2. The molecule has 0 atom stereocenters. The Morgan fingerprint density at radius 3 is 2.82 bits per heavy atom. The zero-order valence-corrected chi connectivity index (χ0v) is 9.93. The molecule has 1 rings (SSSR count). The Balaban J connectivity index is 2.51. The first-order valence-corrected chi connectivity index (χ1v) is 5.05. The highest BCUT2D eigenvalue weighted by molar-refractivity contribution is 5.82. The van der Waals surface area contributed by atoms with Gasteiger partial charge in [0.2, 0.25) is 5.91 Å². The molecular weight excluding hydrogens is 226 g/mol. The topological polar surface area (TPSA) is 98.1 Å². The Labute approximate surface area is 98.3 Å². The standard InChI is InChI=1S/C9H15N5O3/c1-6(2)11-8(15)5-14-10-4-7(13-14)12-9(16)17-3/h4,6H,5H2,1-3H3,(H,11,15)(H,12,13,16).